The van der Waals surface area contributed by atoms with Gasteiger partial charge in [-0.25, -0.2) is 0 Å². The third-order valence-electron chi connectivity index (χ3n) is 3.46. The second-order valence-electron chi connectivity index (χ2n) is 5.45. The molecule has 2 aromatic rings. The molecule has 0 saturated carbocycles. The van der Waals surface area contributed by atoms with E-state index in [4.69, 9.17) is 0 Å². The first-order valence-electron chi connectivity index (χ1n) is 7.17. The number of carbonyl (C=O) groups excluding carboxylic acids is 1. The highest BCUT2D eigenvalue weighted by molar-refractivity contribution is 7.16. The van der Waals surface area contributed by atoms with Gasteiger partial charge in [0.15, 0.2) is 0 Å². The molecule has 1 amide bonds. The van der Waals surface area contributed by atoms with E-state index in [1.54, 1.807) is 11.3 Å². The van der Waals surface area contributed by atoms with Crippen LogP contribution in [0.2, 0.25) is 0 Å². The molecule has 1 heterocycles. The summed E-state index contributed by atoms with van der Waals surface area (Å²) in [7, 11) is 0. The summed E-state index contributed by atoms with van der Waals surface area (Å²) < 4.78 is 0. The van der Waals surface area contributed by atoms with Gasteiger partial charge in [0.1, 0.15) is 5.00 Å². The minimum Gasteiger partial charge on any atom is -0.313 e. The Labute approximate surface area is 130 Å². The number of aryl methyl sites for hydroxylation is 1. The number of hydrogen-bond acceptors (Lipinski definition) is 3. The zero-order chi connectivity index (χ0) is 15.4. The van der Waals surface area contributed by atoms with E-state index in [1.807, 2.05) is 30.3 Å². The highest BCUT2D eigenvalue weighted by Crippen LogP contribution is 2.32. The number of amides is 1. The Morgan fingerprint density at radius 3 is 2.48 bits per heavy atom. The van der Waals surface area contributed by atoms with Crippen molar-refractivity contribution in [2.45, 2.75) is 40.3 Å². The minimum atomic E-state index is -0.0531. The summed E-state index contributed by atoms with van der Waals surface area (Å²) in [6.07, 6.45) is 0. The van der Waals surface area contributed by atoms with E-state index in [0.29, 0.717) is 11.6 Å². The molecule has 0 spiro atoms. The summed E-state index contributed by atoms with van der Waals surface area (Å²) in [5.41, 5.74) is 3.14. The Hall–Kier alpha value is -1.65. The lowest BCUT2D eigenvalue weighted by molar-refractivity contribution is 0.102. The molecule has 2 N–H and O–H groups in total. The van der Waals surface area contributed by atoms with E-state index < -0.39 is 0 Å². The summed E-state index contributed by atoms with van der Waals surface area (Å²) >= 11 is 1.64. The molecule has 0 radical (unpaired) electrons. The van der Waals surface area contributed by atoms with Crippen molar-refractivity contribution in [1.29, 1.82) is 0 Å². The van der Waals surface area contributed by atoms with Gasteiger partial charge < -0.3 is 10.6 Å². The molecule has 0 saturated heterocycles. The number of thiophene rings is 1. The van der Waals surface area contributed by atoms with Crippen LogP contribution < -0.4 is 10.6 Å². The van der Waals surface area contributed by atoms with Gasteiger partial charge in [-0.2, -0.15) is 0 Å². The Morgan fingerprint density at radius 2 is 1.86 bits per heavy atom. The zero-order valence-corrected chi connectivity index (χ0v) is 13.8. The van der Waals surface area contributed by atoms with Gasteiger partial charge in [-0.05, 0) is 31.5 Å². The molecule has 0 aliphatic carbocycles. The molecule has 112 valence electrons. The molecule has 0 unspecified atom stereocenters. The highest BCUT2D eigenvalue weighted by Gasteiger charge is 2.15. The number of nitrogens with one attached hydrogen (secondary N) is 2. The van der Waals surface area contributed by atoms with Crippen molar-refractivity contribution in [2.24, 2.45) is 0 Å². The Kier molecular flexibility index (Phi) is 5.15. The summed E-state index contributed by atoms with van der Waals surface area (Å²) in [5.74, 6) is -0.0531. The molecular weight excluding hydrogens is 280 g/mol. The van der Waals surface area contributed by atoms with Gasteiger partial charge in [-0.1, -0.05) is 32.0 Å². The number of hydrogen-bond donors (Lipinski definition) is 2. The molecule has 1 aromatic heterocycles. The van der Waals surface area contributed by atoms with Gasteiger partial charge in [-0.15, -0.1) is 11.3 Å². The topological polar surface area (TPSA) is 41.1 Å². The van der Waals surface area contributed by atoms with Crippen LogP contribution in [0.4, 0.5) is 5.00 Å². The number of benzene rings is 1. The summed E-state index contributed by atoms with van der Waals surface area (Å²) in [4.78, 5) is 13.5. The smallest absolute Gasteiger partial charge is 0.256 e. The van der Waals surface area contributed by atoms with Crippen LogP contribution in [0.3, 0.4) is 0 Å². The second-order valence-corrected chi connectivity index (χ2v) is 6.67. The molecule has 4 heteroatoms. The molecule has 2 rings (SSSR count). The molecule has 0 fully saturated rings. The average molecular weight is 302 g/mol. The van der Waals surface area contributed by atoms with E-state index in [0.717, 1.165) is 11.5 Å². The highest BCUT2D eigenvalue weighted by atomic mass is 32.1. The molecule has 0 bridgehead atoms. The first-order chi connectivity index (χ1) is 9.99. The third kappa shape index (κ3) is 3.93. The monoisotopic (exact) mass is 302 g/mol. The van der Waals surface area contributed by atoms with Crippen LogP contribution >= 0.6 is 11.3 Å². The number of anilines is 1. The maximum Gasteiger partial charge on any atom is 0.256 e. The molecule has 21 heavy (non-hydrogen) atoms. The van der Waals surface area contributed by atoms with E-state index >= 15 is 0 Å². The van der Waals surface area contributed by atoms with Gasteiger partial charge in [0.05, 0.1) is 0 Å². The lowest BCUT2D eigenvalue weighted by Gasteiger charge is -2.11. The maximum atomic E-state index is 12.3. The average Bonchev–Trinajstić information content (AvgIpc) is 2.72. The van der Waals surface area contributed by atoms with Crippen molar-refractivity contribution in [3.8, 4) is 0 Å². The van der Waals surface area contributed by atoms with E-state index in [-0.39, 0.29) is 5.91 Å². The van der Waals surface area contributed by atoms with Gasteiger partial charge in [0, 0.05) is 28.6 Å². The fourth-order valence-corrected chi connectivity index (χ4v) is 3.13. The van der Waals surface area contributed by atoms with Crippen LogP contribution in [0.25, 0.3) is 0 Å². The normalized spacial score (nSPS) is 10.9. The Morgan fingerprint density at radius 1 is 1.19 bits per heavy atom. The predicted octanol–water partition coefficient (Wildman–Crippen LogP) is 4.12. The third-order valence-corrected chi connectivity index (χ3v) is 4.63. The standard InChI is InChI=1S/C17H22N2OS/c1-11(2)18-10-15-12(3)13(4)21-17(15)19-16(20)14-8-6-5-7-9-14/h5-9,11,18H,10H2,1-4H3,(H,19,20). The van der Waals surface area contributed by atoms with Crippen molar-refractivity contribution >= 4 is 22.2 Å². The minimum absolute atomic E-state index is 0.0531. The SMILES string of the molecule is Cc1sc(NC(=O)c2ccccc2)c(CNC(C)C)c1C. The van der Waals surface area contributed by atoms with Crippen molar-refractivity contribution in [1.82, 2.24) is 5.32 Å². The molecule has 3 nitrogen and oxygen atoms in total. The van der Waals surface area contributed by atoms with Crippen LogP contribution in [0.1, 0.15) is 40.2 Å². The first kappa shape index (κ1) is 15.7. The lowest BCUT2D eigenvalue weighted by Crippen LogP contribution is -2.23. The van der Waals surface area contributed by atoms with Gasteiger partial charge in [0.2, 0.25) is 0 Å². The first-order valence-corrected chi connectivity index (χ1v) is 7.99. The molecular formula is C17H22N2OS. The largest absolute Gasteiger partial charge is 0.313 e. The molecule has 0 aliphatic rings. The van der Waals surface area contributed by atoms with Crippen LogP contribution in [0.5, 0.6) is 0 Å². The van der Waals surface area contributed by atoms with Gasteiger partial charge in [0.25, 0.3) is 5.91 Å². The van der Waals surface area contributed by atoms with E-state index in [9.17, 15) is 4.79 Å². The second kappa shape index (κ2) is 6.87. The van der Waals surface area contributed by atoms with E-state index in [1.165, 1.54) is 16.0 Å². The van der Waals surface area contributed by atoms with Crippen LogP contribution in [0.15, 0.2) is 30.3 Å². The summed E-state index contributed by atoms with van der Waals surface area (Å²) in [6, 6.07) is 9.74. The summed E-state index contributed by atoms with van der Waals surface area (Å²) in [5, 5.41) is 7.43. The molecule has 0 aliphatic heterocycles. The number of rotatable bonds is 5. The predicted molar refractivity (Wildman–Crippen MR) is 90.2 cm³/mol. The van der Waals surface area contributed by atoms with Crippen LogP contribution in [-0.4, -0.2) is 11.9 Å². The fraction of sp³-hybridized carbons (Fsp3) is 0.353. The van der Waals surface area contributed by atoms with Crippen LogP contribution in [0, 0.1) is 13.8 Å². The van der Waals surface area contributed by atoms with Crippen molar-refractivity contribution < 1.29 is 4.79 Å². The van der Waals surface area contributed by atoms with Crippen molar-refractivity contribution in [3.63, 3.8) is 0 Å². The summed E-state index contributed by atoms with van der Waals surface area (Å²) in [6.45, 7) is 9.23. The lowest BCUT2D eigenvalue weighted by atomic mass is 10.1. The fourth-order valence-electron chi connectivity index (χ4n) is 2.06. The van der Waals surface area contributed by atoms with Gasteiger partial charge >= 0.3 is 0 Å². The van der Waals surface area contributed by atoms with E-state index in [2.05, 4.69) is 38.3 Å². The maximum absolute atomic E-state index is 12.3. The van der Waals surface area contributed by atoms with Gasteiger partial charge in [-0.3, -0.25) is 4.79 Å². The van der Waals surface area contributed by atoms with Crippen molar-refractivity contribution in [2.75, 3.05) is 5.32 Å². The molecule has 0 atom stereocenters. The Bertz CT molecular complexity index is 617. The van der Waals surface area contributed by atoms with Crippen LogP contribution in [-0.2, 0) is 6.54 Å². The number of carbonyl (C=O) groups is 1. The molecule has 1 aromatic carbocycles. The van der Waals surface area contributed by atoms with Crippen molar-refractivity contribution in [3.05, 3.63) is 51.9 Å². The quantitative estimate of drug-likeness (QED) is 0.872. The Balaban J connectivity index is 2.19. The zero-order valence-electron chi connectivity index (χ0n) is 13.0.